The summed E-state index contributed by atoms with van der Waals surface area (Å²) in [6.07, 6.45) is 3.14. The molecule has 2 N–H and O–H groups in total. The Morgan fingerprint density at radius 1 is 1.57 bits per heavy atom. The first-order valence-corrected chi connectivity index (χ1v) is 4.48. The average molecular weight is 192 g/mol. The molecule has 1 atom stereocenters. The monoisotopic (exact) mass is 192 g/mol. The zero-order valence-electron chi connectivity index (χ0n) is 7.88. The highest BCUT2D eigenvalue weighted by Gasteiger charge is 1.99. The van der Waals surface area contributed by atoms with Crippen molar-refractivity contribution in [2.24, 2.45) is 0 Å². The predicted molar refractivity (Wildman–Crippen MR) is 53.2 cm³/mol. The van der Waals surface area contributed by atoms with Gasteiger partial charge in [0.25, 0.3) is 0 Å². The van der Waals surface area contributed by atoms with Crippen molar-refractivity contribution in [3.8, 4) is 0 Å². The molecule has 5 heteroatoms. The molecule has 0 aromatic carbocycles. The smallest absolute Gasteiger partial charge is 0.157 e. The van der Waals surface area contributed by atoms with Crippen LogP contribution in [0.1, 0.15) is 6.92 Å². The van der Waals surface area contributed by atoms with Gasteiger partial charge in [0, 0.05) is 18.8 Å². The maximum absolute atomic E-state index is 9.08. The Bertz CT molecular complexity index is 423. The molecular formula is C9H12N4O. The number of aliphatic hydroxyl groups is 1. The molecular weight excluding hydrogens is 180 g/mol. The van der Waals surface area contributed by atoms with Gasteiger partial charge < -0.3 is 10.4 Å². The standard InChI is InChI=1S/C9H12N4O/c1-7(14)6-10-8-3-5-13-9(12-8)2-4-11-13/h2-5,7,14H,6H2,1H3,(H,10,12). The van der Waals surface area contributed by atoms with Crippen molar-refractivity contribution in [3.63, 3.8) is 0 Å². The van der Waals surface area contributed by atoms with Gasteiger partial charge in [-0.1, -0.05) is 0 Å². The van der Waals surface area contributed by atoms with Gasteiger partial charge in [0.15, 0.2) is 5.65 Å². The number of hydrogen-bond donors (Lipinski definition) is 2. The van der Waals surface area contributed by atoms with Crippen LogP contribution in [-0.4, -0.2) is 32.4 Å². The third-order valence-corrected chi connectivity index (χ3v) is 1.84. The number of fused-ring (bicyclic) bond motifs is 1. The molecule has 0 radical (unpaired) electrons. The molecule has 14 heavy (non-hydrogen) atoms. The van der Waals surface area contributed by atoms with Gasteiger partial charge in [-0.05, 0) is 13.0 Å². The maximum Gasteiger partial charge on any atom is 0.157 e. The Labute approximate surface area is 81.4 Å². The lowest BCUT2D eigenvalue weighted by Crippen LogP contribution is -2.16. The zero-order chi connectivity index (χ0) is 9.97. The van der Waals surface area contributed by atoms with Gasteiger partial charge in [-0.25, -0.2) is 9.50 Å². The molecule has 5 nitrogen and oxygen atoms in total. The second-order valence-electron chi connectivity index (χ2n) is 3.18. The Morgan fingerprint density at radius 3 is 3.21 bits per heavy atom. The molecule has 0 aliphatic rings. The van der Waals surface area contributed by atoms with Gasteiger partial charge >= 0.3 is 0 Å². The minimum Gasteiger partial charge on any atom is -0.392 e. The molecule has 2 rings (SSSR count). The topological polar surface area (TPSA) is 62.5 Å². The van der Waals surface area contributed by atoms with E-state index in [4.69, 9.17) is 5.11 Å². The van der Waals surface area contributed by atoms with Crippen molar-refractivity contribution in [3.05, 3.63) is 24.5 Å². The quantitative estimate of drug-likeness (QED) is 0.744. The largest absolute Gasteiger partial charge is 0.392 e. The van der Waals surface area contributed by atoms with Crippen molar-refractivity contribution in [1.29, 1.82) is 0 Å². The second-order valence-corrected chi connectivity index (χ2v) is 3.18. The summed E-state index contributed by atoms with van der Waals surface area (Å²) in [5, 5.41) is 16.1. The minimum atomic E-state index is -0.377. The molecule has 0 amide bonds. The van der Waals surface area contributed by atoms with E-state index in [-0.39, 0.29) is 6.10 Å². The molecule has 2 aromatic heterocycles. The normalized spacial score (nSPS) is 13.0. The first-order valence-electron chi connectivity index (χ1n) is 4.48. The molecule has 2 aromatic rings. The van der Waals surface area contributed by atoms with Crippen LogP contribution < -0.4 is 5.32 Å². The number of aromatic nitrogens is 3. The number of anilines is 1. The first-order chi connectivity index (χ1) is 6.75. The Kier molecular flexibility index (Phi) is 2.32. The van der Waals surface area contributed by atoms with Crippen molar-refractivity contribution in [2.75, 3.05) is 11.9 Å². The van der Waals surface area contributed by atoms with Crippen molar-refractivity contribution in [1.82, 2.24) is 14.6 Å². The number of nitrogens with zero attached hydrogens (tertiary/aromatic N) is 3. The third kappa shape index (κ3) is 1.82. The molecule has 0 aliphatic carbocycles. The van der Waals surface area contributed by atoms with E-state index in [1.165, 1.54) is 0 Å². The Morgan fingerprint density at radius 2 is 2.43 bits per heavy atom. The highest BCUT2D eigenvalue weighted by Crippen LogP contribution is 2.05. The van der Waals surface area contributed by atoms with Gasteiger partial charge in [-0.3, -0.25) is 0 Å². The van der Waals surface area contributed by atoms with Gasteiger partial charge in [-0.15, -0.1) is 0 Å². The number of nitrogens with one attached hydrogen (secondary N) is 1. The SMILES string of the molecule is CC(O)CNc1ccn2nccc2n1. The van der Waals surface area contributed by atoms with Crippen molar-refractivity contribution >= 4 is 11.5 Å². The number of aliphatic hydroxyl groups excluding tert-OH is 1. The molecule has 0 fully saturated rings. The zero-order valence-corrected chi connectivity index (χ0v) is 7.88. The van der Waals surface area contributed by atoms with Crippen molar-refractivity contribution < 1.29 is 5.11 Å². The molecule has 0 saturated heterocycles. The lowest BCUT2D eigenvalue weighted by Gasteiger charge is -2.07. The fraction of sp³-hybridized carbons (Fsp3) is 0.333. The second kappa shape index (κ2) is 3.63. The van der Waals surface area contributed by atoms with E-state index in [1.807, 2.05) is 18.3 Å². The summed E-state index contributed by atoms with van der Waals surface area (Å²) in [4.78, 5) is 4.29. The fourth-order valence-corrected chi connectivity index (χ4v) is 1.16. The summed E-state index contributed by atoms with van der Waals surface area (Å²) < 4.78 is 1.69. The molecule has 74 valence electrons. The molecule has 0 bridgehead atoms. The first kappa shape index (κ1) is 8.96. The summed E-state index contributed by atoms with van der Waals surface area (Å²) in [6.45, 7) is 2.22. The van der Waals surface area contributed by atoms with Crippen LogP contribution in [0.3, 0.4) is 0 Å². The van der Waals surface area contributed by atoms with Gasteiger partial charge in [0.2, 0.25) is 0 Å². The summed E-state index contributed by atoms with van der Waals surface area (Å²) in [5.74, 6) is 0.749. The Balaban J connectivity index is 2.17. The van der Waals surface area contributed by atoms with E-state index in [1.54, 1.807) is 17.6 Å². The Hall–Kier alpha value is -1.62. The molecule has 2 heterocycles. The highest BCUT2D eigenvalue weighted by molar-refractivity contribution is 5.45. The van der Waals surface area contributed by atoms with Crippen LogP contribution in [0.4, 0.5) is 5.82 Å². The van der Waals surface area contributed by atoms with Gasteiger partial charge in [-0.2, -0.15) is 5.10 Å². The lowest BCUT2D eigenvalue weighted by atomic mass is 10.4. The minimum absolute atomic E-state index is 0.377. The average Bonchev–Trinajstić information content (AvgIpc) is 2.61. The van der Waals surface area contributed by atoms with Gasteiger partial charge in [0.05, 0.1) is 12.3 Å². The van der Waals surface area contributed by atoms with Gasteiger partial charge in [0.1, 0.15) is 5.82 Å². The summed E-state index contributed by atoms with van der Waals surface area (Å²) in [6, 6.07) is 3.65. The number of hydrogen-bond acceptors (Lipinski definition) is 4. The molecule has 1 unspecified atom stereocenters. The molecule has 0 saturated carbocycles. The van der Waals surface area contributed by atoms with E-state index in [9.17, 15) is 0 Å². The van der Waals surface area contributed by atoms with Crippen LogP contribution >= 0.6 is 0 Å². The van der Waals surface area contributed by atoms with Crippen molar-refractivity contribution in [2.45, 2.75) is 13.0 Å². The maximum atomic E-state index is 9.08. The summed E-state index contributed by atoms with van der Waals surface area (Å²) >= 11 is 0. The highest BCUT2D eigenvalue weighted by atomic mass is 16.3. The van der Waals surface area contributed by atoms with Crippen LogP contribution in [-0.2, 0) is 0 Å². The van der Waals surface area contributed by atoms with E-state index >= 15 is 0 Å². The van der Waals surface area contributed by atoms with E-state index in [0.717, 1.165) is 11.5 Å². The molecule has 0 aliphatic heterocycles. The van der Waals surface area contributed by atoms with Crippen LogP contribution in [0, 0.1) is 0 Å². The molecule has 0 spiro atoms. The summed E-state index contributed by atoms with van der Waals surface area (Å²) in [5.41, 5.74) is 0.792. The number of rotatable bonds is 3. The van der Waals surface area contributed by atoms with E-state index in [0.29, 0.717) is 6.54 Å². The lowest BCUT2D eigenvalue weighted by molar-refractivity contribution is 0.208. The van der Waals surface area contributed by atoms with Crippen LogP contribution in [0.5, 0.6) is 0 Å². The van der Waals surface area contributed by atoms with Crippen LogP contribution in [0.25, 0.3) is 5.65 Å². The van der Waals surface area contributed by atoms with E-state index < -0.39 is 0 Å². The van der Waals surface area contributed by atoms with E-state index in [2.05, 4.69) is 15.4 Å². The predicted octanol–water partition coefficient (Wildman–Crippen LogP) is 0.522. The van der Waals surface area contributed by atoms with Crippen LogP contribution in [0.15, 0.2) is 24.5 Å². The fourth-order valence-electron chi connectivity index (χ4n) is 1.16. The van der Waals surface area contributed by atoms with Crippen LogP contribution in [0.2, 0.25) is 0 Å². The summed E-state index contributed by atoms with van der Waals surface area (Å²) in [7, 11) is 0. The third-order valence-electron chi connectivity index (χ3n) is 1.84.